The molecule has 2 heterocycles. The van der Waals surface area contributed by atoms with Gasteiger partial charge in [-0.1, -0.05) is 12.8 Å². The molecule has 1 N–H and O–H groups in total. The van der Waals surface area contributed by atoms with Gasteiger partial charge < -0.3 is 14.8 Å². The summed E-state index contributed by atoms with van der Waals surface area (Å²) in [5.41, 5.74) is 0. The molecule has 7 heteroatoms. The van der Waals surface area contributed by atoms with Crippen molar-refractivity contribution in [2.24, 2.45) is 11.8 Å². The van der Waals surface area contributed by atoms with E-state index in [0.717, 1.165) is 57.4 Å². The Labute approximate surface area is 155 Å². The fourth-order valence-corrected chi connectivity index (χ4v) is 4.22. The first-order valence-electron chi connectivity index (χ1n) is 10.0. The average Bonchev–Trinajstić information content (AvgIpc) is 3.33. The predicted octanol–water partition coefficient (Wildman–Crippen LogP) is 1.95. The molecule has 2 aliphatic rings. The van der Waals surface area contributed by atoms with E-state index in [9.17, 15) is 9.59 Å². The van der Waals surface area contributed by atoms with E-state index in [1.807, 2.05) is 9.47 Å². The second kappa shape index (κ2) is 8.64. The van der Waals surface area contributed by atoms with E-state index in [4.69, 9.17) is 0 Å². The molecule has 1 saturated carbocycles. The lowest BCUT2D eigenvalue weighted by molar-refractivity contribution is -0.142. The van der Waals surface area contributed by atoms with Crippen molar-refractivity contribution in [2.75, 3.05) is 19.6 Å². The maximum Gasteiger partial charge on any atom is 0.226 e. The van der Waals surface area contributed by atoms with Crippen molar-refractivity contribution in [2.45, 2.75) is 64.8 Å². The number of rotatable bonds is 6. The molecular weight excluding hydrogens is 330 g/mol. The Morgan fingerprint density at radius 2 is 1.85 bits per heavy atom. The Hall–Kier alpha value is -1.92. The summed E-state index contributed by atoms with van der Waals surface area (Å²) in [5.74, 6) is 0.786. The van der Waals surface area contributed by atoms with Crippen molar-refractivity contribution in [3.8, 4) is 0 Å². The minimum Gasteiger partial charge on any atom is -0.355 e. The minimum absolute atomic E-state index is 0.0258. The minimum atomic E-state index is -0.181. The molecule has 1 aliphatic heterocycles. The van der Waals surface area contributed by atoms with Crippen molar-refractivity contribution in [3.63, 3.8) is 0 Å². The van der Waals surface area contributed by atoms with Gasteiger partial charge in [-0.25, -0.2) is 0 Å². The van der Waals surface area contributed by atoms with Crippen LogP contribution in [0, 0.1) is 11.8 Å². The summed E-state index contributed by atoms with van der Waals surface area (Å²) in [4.78, 5) is 27.5. The second-order valence-corrected chi connectivity index (χ2v) is 7.82. The van der Waals surface area contributed by atoms with Gasteiger partial charge in [-0.2, -0.15) is 0 Å². The van der Waals surface area contributed by atoms with Crippen molar-refractivity contribution >= 4 is 11.8 Å². The van der Waals surface area contributed by atoms with Crippen LogP contribution in [0.4, 0.5) is 0 Å². The van der Waals surface area contributed by atoms with Crippen molar-refractivity contribution in [1.29, 1.82) is 0 Å². The molecule has 144 valence electrons. The molecular formula is C19H31N5O2. The molecule has 2 amide bonds. The maximum atomic E-state index is 12.8. The van der Waals surface area contributed by atoms with Crippen molar-refractivity contribution < 1.29 is 9.59 Å². The van der Waals surface area contributed by atoms with Gasteiger partial charge in [0.05, 0.1) is 0 Å². The number of hydrogen-bond acceptors (Lipinski definition) is 4. The number of hydrogen-bond donors (Lipinski definition) is 1. The smallest absolute Gasteiger partial charge is 0.226 e. The van der Waals surface area contributed by atoms with Crippen LogP contribution in [0.5, 0.6) is 0 Å². The van der Waals surface area contributed by atoms with Crippen molar-refractivity contribution in [3.05, 3.63) is 12.2 Å². The van der Waals surface area contributed by atoms with Gasteiger partial charge in [0, 0.05) is 43.9 Å². The Kier molecular flexibility index (Phi) is 6.27. The Morgan fingerprint density at radius 1 is 1.15 bits per heavy atom. The monoisotopic (exact) mass is 361 g/mol. The highest BCUT2D eigenvalue weighted by molar-refractivity contribution is 5.88. The van der Waals surface area contributed by atoms with E-state index in [2.05, 4.69) is 29.4 Å². The van der Waals surface area contributed by atoms with Gasteiger partial charge in [-0.3, -0.25) is 9.59 Å². The van der Waals surface area contributed by atoms with Crippen LogP contribution < -0.4 is 5.32 Å². The van der Waals surface area contributed by atoms with Gasteiger partial charge in [0.15, 0.2) is 0 Å². The van der Waals surface area contributed by atoms with Crippen LogP contribution in [0.2, 0.25) is 0 Å². The van der Waals surface area contributed by atoms with E-state index in [1.54, 1.807) is 6.33 Å². The molecule has 7 nitrogen and oxygen atoms in total. The van der Waals surface area contributed by atoms with Crippen LogP contribution in [-0.4, -0.2) is 51.1 Å². The van der Waals surface area contributed by atoms with E-state index >= 15 is 0 Å². The first-order chi connectivity index (χ1) is 12.6. The fraction of sp³-hybridized carbons (Fsp3) is 0.789. The normalized spacial score (nSPS) is 23.4. The van der Waals surface area contributed by atoms with E-state index in [-0.39, 0.29) is 23.7 Å². The van der Waals surface area contributed by atoms with Crippen LogP contribution in [0.1, 0.15) is 64.2 Å². The van der Waals surface area contributed by atoms with Gasteiger partial charge in [0.25, 0.3) is 0 Å². The summed E-state index contributed by atoms with van der Waals surface area (Å²) < 4.78 is 2.02. The summed E-state index contributed by atoms with van der Waals surface area (Å²) in [6.07, 6.45) is 8.30. The Bertz CT molecular complexity index is 621. The summed E-state index contributed by atoms with van der Waals surface area (Å²) in [6, 6.07) is 0.302. The lowest BCUT2D eigenvalue weighted by Crippen LogP contribution is -2.45. The maximum absolute atomic E-state index is 12.8. The van der Waals surface area contributed by atoms with Crippen molar-refractivity contribution in [1.82, 2.24) is 25.0 Å². The Balaban J connectivity index is 1.54. The molecule has 3 rings (SSSR count). The summed E-state index contributed by atoms with van der Waals surface area (Å²) in [7, 11) is 0. The number of amides is 2. The molecule has 1 aliphatic carbocycles. The number of nitrogens with zero attached hydrogens (tertiary/aromatic N) is 4. The second-order valence-electron chi connectivity index (χ2n) is 7.82. The third-order valence-electron chi connectivity index (χ3n) is 5.69. The molecule has 0 bridgehead atoms. The summed E-state index contributed by atoms with van der Waals surface area (Å²) >= 11 is 0. The third-order valence-corrected chi connectivity index (χ3v) is 5.69. The SMILES string of the molecule is CC(C)n1cnnc1CCNC(=O)[C@@H]1CCCC[C@@H]1C(=O)N1CCCC1. The molecule has 0 unspecified atom stereocenters. The number of aromatic nitrogens is 3. The first-order valence-corrected chi connectivity index (χ1v) is 10.0. The van der Waals surface area contributed by atoms with Gasteiger partial charge in [-0.05, 0) is 39.5 Å². The highest BCUT2D eigenvalue weighted by Crippen LogP contribution is 2.32. The van der Waals surface area contributed by atoms with Crippen LogP contribution in [0.15, 0.2) is 6.33 Å². The zero-order valence-corrected chi connectivity index (χ0v) is 16.0. The number of carbonyl (C=O) groups excluding carboxylic acids is 2. The van der Waals surface area contributed by atoms with Crippen LogP contribution >= 0.6 is 0 Å². The molecule has 0 radical (unpaired) electrons. The van der Waals surface area contributed by atoms with Gasteiger partial charge >= 0.3 is 0 Å². The van der Waals surface area contributed by atoms with Gasteiger partial charge in [-0.15, -0.1) is 10.2 Å². The molecule has 0 spiro atoms. The Morgan fingerprint density at radius 3 is 2.54 bits per heavy atom. The quantitative estimate of drug-likeness (QED) is 0.840. The van der Waals surface area contributed by atoms with Crippen LogP contribution in [0.3, 0.4) is 0 Å². The fourth-order valence-electron chi connectivity index (χ4n) is 4.22. The van der Waals surface area contributed by atoms with Gasteiger partial charge in [0.1, 0.15) is 12.2 Å². The molecule has 26 heavy (non-hydrogen) atoms. The molecule has 1 aromatic rings. The van der Waals surface area contributed by atoms with E-state index in [0.29, 0.717) is 19.0 Å². The largest absolute Gasteiger partial charge is 0.355 e. The zero-order valence-electron chi connectivity index (χ0n) is 16.0. The number of carbonyl (C=O) groups is 2. The first kappa shape index (κ1) is 18.9. The molecule has 0 aromatic carbocycles. The summed E-state index contributed by atoms with van der Waals surface area (Å²) in [5, 5.41) is 11.1. The zero-order chi connectivity index (χ0) is 18.5. The third kappa shape index (κ3) is 4.24. The standard InChI is InChI=1S/C19H31N5O2/c1-14(2)24-13-21-22-17(24)9-10-20-18(25)15-7-3-4-8-16(15)19(26)23-11-5-6-12-23/h13-16H,3-12H2,1-2H3,(H,20,25)/t15-,16+/m1/s1. The van der Waals surface area contributed by atoms with Crippen LogP contribution in [0.25, 0.3) is 0 Å². The highest BCUT2D eigenvalue weighted by atomic mass is 16.2. The molecule has 1 saturated heterocycles. The predicted molar refractivity (Wildman–Crippen MR) is 98.4 cm³/mol. The average molecular weight is 361 g/mol. The van der Waals surface area contributed by atoms with Crippen LogP contribution in [-0.2, 0) is 16.0 Å². The lowest BCUT2D eigenvalue weighted by Gasteiger charge is -2.32. The number of nitrogens with one attached hydrogen (secondary N) is 1. The topological polar surface area (TPSA) is 80.1 Å². The molecule has 2 atom stereocenters. The van der Waals surface area contributed by atoms with Gasteiger partial charge in [0.2, 0.25) is 11.8 Å². The van der Waals surface area contributed by atoms with E-state index in [1.165, 1.54) is 0 Å². The molecule has 1 aromatic heterocycles. The number of likely N-dealkylation sites (tertiary alicyclic amines) is 1. The lowest BCUT2D eigenvalue weighted by atomic mass is 9.78. The highest BCUT2D eigenvalue weighted by Gasteiger charge is 2.38. The van der Waals surface area contributed by atoms with E-state index < -0.39 is 0 Å². The summed E-state index contributed by atoms with van der Waals surface area (Å²) in [6.45, 7) is 6.42. The molecule has 2 fully saturated rings.